The van der Waals surface area contributed by atoms with Gasteiger partial charge in [-0.1, -0.05) is 33.8 Å². The summed E-state index contributed by atoms with van der Waals surface area (Å²) in [5.74, 6) is 2.19. The summed E-state index contributed by atoms with van der Waals surface area (Å²) in [7, 11) is 0. The molecule has 25 heavy (non-hydrogen) atoms. The van der Waals surface area contributed by atoms with Crippen LogP contribution in [0.3, 0.4) is 0 Å². The van der Waals surface area contributed by atoms with Crippen molar-refractivity contribution in [3.05, 3.63) is 29.3 Å². The van der Waals surface area contributed by atoms with E-state index >= 15 is 0 Å². The van der Waals surface area contributed by atoms with E-state index in [1.165, 1.54) is 0 Å². The third kappa shape index (κ3) is 3.33. The lowest BCUT2D eigenvalue weighted by Gasteiger charge is -2.33. The Balaban J connectivity index is 2.11. The number of nitrogen functional groups attached to an aromatic ring is 2. The van der Waals surface area contributed by atoms with E-state index < -0.39 is 0 Å². The van der Waals surface area contributed by atoms with Crippen molar-refractivity contribution in [1.82, 2.24) is 14.4 Å². The number of fused-ring (bicyclic) bond motifs is 1. The lowest BCUT2D eigenvalue weighted by molar-refractivity contribution is 0.284. The van der Waals surface area contributed by atoms with Crippen LogP contribution in [0.4, 0.5) is 11.6 Å². The molecule has 0 bridgehead atoms. The molecule has 3 rings (SSSR count). The molecule has 0 aliphatic heterocycles. The van der Waals surface area contributed by atoms with Crippen molar-refractivity contribution in [2.24, 2.45) is 5.41 Å². The number of nitrogens with two attached hydrogens (primary N) is 2. The molecule has 0 saturated carbocycles. The number of nitrogens with zero attached hydrogens (tertiary/aromatic N) is 3. The van der Waals surface area contributed by atoms with E-state index in [9.17, 15) is 0 Å². The molecular weight excluding hydrogens is 354 g/mol. The molecule has 3 aromatic rings. The Labute approximate surface area is 157 Å². The molecule has 0 unspecified atom stereocenters. The predicted molar refractivity (Wildman–Crippen MR) is 107 cm³/mol. The minimum atomic E-state index is -0.182. The first kappa shape index (κ1) is 18.0. The third-order valence-electron chi connectivity index (χ3n) is 4.39. The van der Waals surface area contributed by atoms with E-state index in [0.717, 1.165) is 22.7 Å². The van der Waals surface area contributed by atoms with Crippen LogP contribution in [0.5, 0.6) is 0 Å². The molecule has 0 spiro atoms. The summed E-state index contributed by atoms with van der Waals surface area (Å²) < 4.78 is 1.71. The maximum Gasteiger partial charge on any atom is 0.237 e. The SMILES string of the molecule is CC(C)(CCl)CC(C)(C)c1cc(N)n2c(N)c(-c3cccs3)nc2n1. The average Bonchev–Trinajstić information content (AvgIpc) is 3.14. The Morgan fingerprint density at radius 3 is 2.52 bits per heavy atom. The number of imidazole rings is 1. The van der Waals surface area contributed by atoms with Crippen LogP contribution in [0.25, 0.3) is 16.3 Å². The lowest BCUT2D eigenvalue weighted by Crippen LogP contribution is -2.29. The molecule has 5 nitrogen and oxygen atoms in total. The fourth-order valence-corrected chi connectivity index (χ4v) is 4.19. The fourth-order valence-electron chi connectivity index (χ4n) is 3.37. The highest BCUT2D eigenvalue weighted by atomic mass is 35.5. The molecule has 0 aromatic carbocycles. The van der Waals surface area contributed by atoms with Gasteiger partial charge in [0.15, 0.2) is 0 Å². The summed E-state index contributed by atoms with van der Waals surface area (Å²) in [5, 5.41) is 2.00. The van der Waals surface area contributed by atoms with Crippen molar-refractivity contribution >= 4 is 40.4 Å². The van der Waals surface area contributed by atoms with E-state index in [0.29, 0.717) is 23.3 Å². The lowest BCUT2D eigenvalue weighted by atomic mass is 9.74. The molecule has 0 fully saturated rings. The molecular formula is C18H24ClN5S. The smallest absolute Gasteiger partial charge is 0.237 e. The number of halogens is 1. The normalized spacial score (nSPS) is 12.8. The number of hydrogen-bond donors (Lipinski definition) is 2. The Morgan fingerprint density at radius 2 is 1.92 bits per heavy atom. The van der Waals surface area contributed by atoms with E-state index in [4.69, 9.17) is 28.1 Å². The minimum Gasteiger partial charge on any atom is -0.385 e. The molecule has 0 aliphatic carbocycles. The Bertz CT molecular complexity index is 896. The third-order valence-corrected chi connectivity index (χ3v) is 5.99. The first-order valence-corrected chi connectivity index (χ1v) is 9.61. The van der Waals surface area contributed by atoms with Gasteiger partial charge in [0, 0.05) is 17.4 Å². The maximum atomic E-state index is 6.30. The van der Waals surface area contributed by atoms with Crippen molar-refractivity contribution < 1.29 is 0 Å². The number of hydrogen-bond acceptors (Lipinski definition) is 5. The van der Waals surface area contributed by atoms with Crippen molar-refractivity contribution in [3.8, 4) is 10.6 Å². The molecule has 0 amide bonds. The van der Waals surface area contributed by atoms with Gasteiger partial charge in [-0.05, 0) is 23.3 Å². The summed E-state index contributed by atoms with van der Waals surface area (Å²) in [5.41, 5.74) is 14.0. The largest absolute Gasteiger partial charge is 0.385 e. The van der Waals surface area contributed by atoms with Crippen LogP contribution in [0, 0.1) is 5.41 Å². The molecule has 4 N–H and O–H groups in total. The summed E-state index contributed by atoms with van der Waals surface area (Å²) >= 11 is 7.71. The second kappa shape index (κ2) is 6.18. The first-order valence-electron chi connectivity index (χ1n) is 8.19. The molecule has 3 aromatic heterocycles. The van der Waals surface area contributed by atoms with Gasteiger partial charge in [0.2, 0.25) is 5.78 Å². The second-order valence-corrected chi connectivity index (χ2v) is 9.10. The fraction of sp³-hybridized carbons (Fsp3) is 0.444. The van der Waals surface area contributed by atoms with Crippen LogP contribution in [-0.4, -0.2) is 20.2 Å². The summed E-state index contributed by atoms with van der Waals surface area (Å²) in [6.45, 7) is 8.64. The van der Waals surface area contributed by atoms with Crippen LogP contribution in [-0.2, 0) is 5.41 Å². The van der Waals surface area contributed by atoms with Crippen LogP contribution >= 0.6 is 22.9 Å². The van der Waals surface area contributed by atoms with Crippen LogP contribution in [0.2, 0.25) is 0 Å². The van der Waals surface area contributed by atoms with Gasteiger partial charge in [0.25, 0.3) is 0 Å². The molecule has 0 saturated heterocycles. The zero-order chi connectivity index (χ0) is 18.4. The Hall–Kier alpha value is -1.79. The maximum absolute atomic E-state index is 6.30. The van der Waals surface area contributed by atoms with Gasteiger partial charge in [0.1, 0.15) is 17.3 Å². The summed E-state index contributed by atoms with van der Waals surface area (Å²) in [4.78, 5) is 10.4. The second-order valence-electron chi connectivity index (χ2n) is 7.88. The predicted octanol–water partition coefficient (Wildman–Crippen LogP) is 4.55. The van der Waals surface area contributed by atoms with Gasteiger partial charge in [-0.2, -0.15) is 0 Å². The topological polar surface area (TPSA) is 82.2 Å². The minimum absolute atomic E-state index is 0.00417. The zero-order valence-corrected chi connectivity index (χ0v) is 16.6. The highest BCUT2D eigenvalue weighted by molar-refractivity contribution is 7.13. The molecule has 0 radical (unpaired) electrons. The van der Waals surface area contributed by atoms with Gasteiger partial charge >= 0.3 is 0 Å². The Kier molecular flexibility index (Phi) is 4.45. The van der Waals surface area contributed by atoms with E-state index in [2.05, 4.69) is 32.7 Å². The molecule has 0 atom stereocenters. The number of anilines is 2. The van der Waals surface area contributed by atoms with E-state index in [1.807, 2.05) is 23.6 Å². The standard InChI is InChI=1S/C18H24ClN5S/c1-17(2,10-19)9-18(3,4)12-8-13(20)24-15(21)14(23-16(24)22-12)11-6-5-7-25-11/h5-8H,9-10,20-21H2,1-4H3. The van der Waals surface area contributed by atoms with Crippen molar-refractivity contribution in [3.63, 3.8) is 0 Å². The quantitative estimate of drug-likeness (QED) is 0.638. The molecule has 3 heterocycles. The van der Waals surface area contributed by atoms with Crippen molar-refractivity contribution in [1.29, 1.82) is 0 Å². The number of rotatable bonds is 5. The van der Waals surface area contributed by atoms with E-state index in [-0.39, 0.29) is 10.8 Å². The van der Waals surface area contributed by atoms with Crippen LogP contribution in [0.15, 0.2) is 23.6 Å². The monoisotopic (exact) mass is 377 g/mol. The Morgan fingerprint density at radius 1 is 1.20 bits per heavy atom. The van der Waals surface area contributed by atoms with Crippen LogP contribution in [0.1, 0.15) is 39.8 Å². The van der Waals surface area contributed by atoms with Crippen molar-refractivity contribution in [2.45, 2.75) is 39.5 Å². The van der Waals surface area contributed by atoms with Gasteiger partial charge < -0.3 is 11.5 Å². The van der Waals surface area contributed by atoms with Gasteiger partial charge in [-0.25, -0.2) is 14.4 Å². The number of alkyl halides is 1. The average molecular weight is 378 g/mol. The zero-order valence-electron chi connectivity index (χ0n) is 15.0. The van der Waals surface area contributed by atoms with Gasteiger partial charge in [-0.15, -0.1) is 22.9 Å². The van der Waals surface area contributed by atoms with Gasteiger partial charge in [0.05, 0.1) is 10.6 Å². The van der Waals surface area contributed by atoms with Crippen molar-refractivity contribution in [2.75, 3.05) is 17.3 Å². The number of aromatic nitrogens is 3. The highest BCUT2D eigenvalue weighted by Gasteiger charge is 2.32. The highest BCUT2D eigenvalue weighted by Crippen LogP contribution is 2.38. The molecule has 0 aliphatic rings. The summed E-state index contributed by atoms with van der Waals surface area (Å²) in [6, 6.07) is 5.86. The van der Waals surface area contributed by atoms with Crippen LogP contribution < -0.4 is 11.5 Å². The molecule has 134 valence electrons. The first-order chi connectivity index (χ1) is 11.6. The molecule has 7 heteroatoms. The summed E-state index contributed by atoms with van der Waals surface area (Å²) in [6.07, 6.45) is 0.889. The van der Waals surface area contributed by atoms with E-state index in [1.54, 1.807) is 15.7 Å². The number of thiophene rings is 1. The van der Waals surface area contributed by atoms with Gasteiger partial charge in [-0.3, -0.25) is 0 Å².